The van der Waals surface area contributed by atoms with Gasteiger partial charge in [0, 0.05) is 0 Å². The molecule has 1 saturated carbocycles. The van der Waals surface area contributed by atoms with E-state index in [1.165, 1.54) is 31.4 Å². The maximum atomic E-state index is 5.03. The summed E-state index contributed by atoms with van der Waals surface area (Å²) in [6.45, 7) is 0.295. The fourth-order valence-electron chi connectivity index (χ4n) is 1.39. The minimum Gasteiger partial charge on any atom is -0.383 e. The van der Waals surface area contributed by atoms with Crippen LogP contribution < -0.4 is 0 Å². The lowest BCUT2D eigenvalue weighted by atomic mass is 10.2. The summed E-state index contributed by atoms with van der Waals surface area (Å²) in [7, 11) is 0. The van der Waals surface area contributed by atoms with Gasteiger partial charge in [-0.05, 0) is 25.7 Å². The van der Waals surface area contributed by atoms with Crippen molar-refractivity contribution in [3.63, 3.8) is 0 Å². The van der Waals surface area contributed by atoms with Gasteiger partial charge in [0.05, 0.1) is 5.71 Å². The second-order valence-electron chi connectivity index (χ2n) is 3.05. The number of hydrogen-bond donors (Lipinski definition) is 0. The molecule has 0 aromatic carbocycles. The second-order valence-corrected chi connectivity index (χ2v) is 3.05. The first-order valence-electron chi connectivity index (χ1n) is 4.54. The number of terminal acetylenes is 1. The third-order valence-corrected chi connectivity index (χ3v) is 2.02. The van der Waals surface area contributed by atoms with Crippen LogP contribution in [0, 0.1) is 12.3 Å². The first-order chi connectivity index (χ1) is 5.93. The fraction of sp³-hybridized carbons (Fsp3) is 0.700. The van der Waals surface area contributed by atoms with Crippen LogP contribution in [0.1, 0.15) is 38.5 Å². The van der Waals surface area contributed by atoms with E-state index in [0.717, 1.165) is 12.8 Å². The Balaban J connectivity index is 2.28. The van der Waals surface area contributed by atoms with Gasteiger partial charge in [0.2, 0.25) is 0 Å². The molecule has 66 valence electrons. The van der Waals surface area contributed by atoms with Crippen molar-refractivity contribution in [2.75, 3.05) is 6.61 Å². The van der Waals surface area contributed by atoms with Crippen molar-refractivity contribution in [1.29, 1.82) is 0 Å². The molecule has 1 aliphatic rings. The Kier molecular flexibility index (Phi) is 4.30. The van der Waals surface area contributed by atoms with Gasteiger partial charge in [-0.1, -0.05) is 23.9 Å². The van der Waals surface area contributed by atoms with Gasteiger partial charge in [-0.25, -0.2) is 0 Å². The molecule has 1 rings (SSSR count). The van der Waals surface area contributed by atoms with Gasteiger partial charge in [-0.15, -0.1) is 6.42 Å². The SMILES string of the molecule is C#CCON=C1CCCCCC1. The predicted octanol–water partition coefficient (Wildman–Crippen LogP) is 2.35. The normalized spacial score (nSPS) is 17.8. The Labute approximate surface area is 74.0 Å². The van der Waals surface area contributed by atoms with Gasteiger partial charge < -0.3 is 4.84 Å². The van der Waals surface area contributed by atoms with E-state index in [1.807, 2.05) is 0 Å². The molecule has 0 aliphatic heterocycles. The molecule has 0 aromatic rings. The summed E-state index contributed by atoms with van der Waals surface area (Å²) in [6.07, 6.45) is 12.4. The van der Waals surface area contributed by atoms with Crippen molar-refractivity contribution in [1.82, 2.24) is 0 Å². The van der Waals surface area contributed by atoms with E-state index in [9.17, 15) is 0 Å². The average molecular weight is 165 g/mol. The molecule has 0 N–H and O–H groups in total. The molecule has 2 heteroatoms. The van der Waals surface area contributed by atoms with Crippen LogP contribution in [0.3, 0.4) is 0 Å². The van der Waals surface area contributed by atoms with Crippen LogP contribution in [-0.4, -0.2) is 12.3 Å². The topological polar surface area (TPSA) is 21.6 Å². The van der Waals surface area contributed by atoms with Crippen LogP contribution in [0.25, 0.3) is 0 Å². The molecule has 1 aliphatic carbocycles. The molecule has 0 unspecified atom stereocenters. The molecule has 0 atom stereocenters. The lowest BCUT2D eigenvalue weighted by Gasteiger charge is -1.99. The minimum atomic E-state index is 0.295. The largest absolute Gasteiger partial charge is 0.383 e. The zero-order chi connectivity index (χ0) is 8.65. The lowest BCUT2D eigenvalue weighted by molar-refractivity contribution is 0.178. The maximum Gasteiger partial charge on any atom is 0.177 e. The highest BCUT2D eigenvalue weighted by Gasteiger charge is 2.05. The van der Waals surface area contributed by atoms with Crippen LogP contribution in [0.4, 0.5) is 0 Å². The van der Waals surface area contributed by atoms with Crippen molar-refractivity contribution in [2.45, 2.75) is 38.5 Å². The zero-order valence-electron chi connectivity index (χ0n) is 7.38. The molecule has 2 nitrogen and oxygen atoms in total. The Bertz CT molecular complexity index is 181. The average Bonchev–Trinajstić information content (AvgIpc) is 2.33. The Hall–Kier alpha value is -0.970. The third kappa shape index (κ3) is 3.43. The summed E-state index contributed by atoms with van der Waals surface area (Å²) in [5.41, 5.74) is 1.18. The molecule has 0 spiro atoms. The highest BCUT2D eigenvalue weighted by atomic mass is 16.6. The van der Waals surface area contributed by atoms with Gasteiger partial charge in [0.1, 0.15) is 0 Å². The van der Waals surface area contributed by atoms with Gasteiger partial charge in [0.25, 0.3) is 0 Å². The van der Waals surface area contributed by atoms with E-state index in [4.69, 9.17) is 11.3 Å². The molecule has 0 aromatic heterocycles. The van der Waals surface area contributed by atoms with Gasteiger partial charge >= 0.3 is 0 Å². The van der Waals surface area contributed by atoms with Crippen LogP contribution in [0.15, 0.2) is 5.16 Å². The highest BCUT2D eigenvalue weighted by molar-refractivity contribution is 5.84. The van der Waals surface area contributed by atoms with Crippen molar-refractivity contribution >= 4 is 5.71 Å². The third-order valence-electron chi connectivity index (χ3n) is 2.02. The van der Waals surface area contributed by atoms with Crippen LogP contribution in [0.5, 0.6) is 0 Å². The van der Waals surface area contributed by atoms with E-state index in [-0.39, 0.29) is 0 Å². The predicted molar refractivity (Wildman–Crippen MR) is 49.9 cm³/mol. The number of rotatable bonds is 2. The van der Waals surface area contributed by atoms with Crippen molar-refractivity contribution < 1.29 is 4.84 Å². The van der Waals surface area contributed by atoms with Gasteiger partial charge in [0.15, 0.2) is 6.61 Å². The lowest BCUT2D eigenvalue weighted by Crippen LogP contribution is -1.97. The van der Waals surface area contributed by atoms with Gasteiger partial charge in [-0.2, -0.15) is 0 Å². The first-order valence-corrected chi connectivity index (χ1v) is 4.54. The van der Waals surface area contributed by atoms with Crippen molar-refractivity contribution in [3.8, 4) is 12.3 Å². The van der Waals surface area contributed by atoms with E-state index >= 15 is 0 Å². The first kappa shape index (κ1) is 9.12. The van der Waals surface area contributed by atoms with E-state index in [2.05, 4.69) is 11.1 Å². The summed E-state index contributed by atoms with van der Waals surface area (Å²) in [5, 5.41) is 4.01. The number of hydrogen-bond acceptors (Lipinski definition) is 2. The molecule has 0 radical (unpaired) electrons. The number of oxime groups is 1. The van der Waals surface area contributed by atoms with E-state index < -0.39 is 0 Å². The fourth-order valence-corrected chi connectivity index (χ4v) is 1.39. The minimum absolute atomic E-state index is 0.295. The van der Waals surface area contributed by atoms with Crippen molar-refractivity contribution in [3.05, 3.63) is 0 Å². The standard InChI is InChI=1S/C10H15NO/c1-2-9-12-11-10-7-5-3-4-6-8-10/h1H,3-9H2. The molecule has 0 bridgehead atoms. The second kappa shape index (κ2) is 5.65. The summed E-state index contributed by atoms with van der Waals surface area (Å²) in [4.78, 5) is 4.93. The Morgan fingerprint density at radius 1 is 1.25 bits per heavy atom. The van der Waals surface area contributed by atoms with Crippen molar-refractivity contribution in [2.24, 2.45) is 5.16 Å². The summed E-state index contributed by atoms with van der Waals surface area (Å²) >= 11 is 0. The van der Waals surface area contributed by atoms with Crippen LogP contribution in [0.2, 0.25) is 0 Å². The molecule has 1 fully saturated rings. The summed E-state index contributed by atoms with van der Waals surface area (Å²) < 4.78 is 0. The number of nitrogens with zero attached hydrogens (tertiary/aromatic N) is 1. The summed E-state index contributed by atoms with van der Waals surface area (Å²) in [5.74, 6) is 2.39. The molecular formula is C10H15NO. The smallest absolute Gasteiger partial charge is 0.177 e. The van der Waals surface area contributed by atoms with E-state index in [1.54, 1.807) is 0 Å². The van der Waals surface area contributed by atoms with Crippen LogP contribution in [-0.2, 0) is 4.84 Å². The maximum absolute atomic E-state index is 5.03. The molecule has 0 amide bonds. The zero-order valence-corrected chi connectivity index (χ0v) is 7.38. The molecule has 0 saturated heterocycles. The Morgan fingerprint density at radius 2 is 1.92 bits per heavy atom. The van der Waals surface area contributed by atoms with Gasteiger partial charge in [-0.3, -0.25) is 0 Å². The molecular weight excluding hydrogens is 150 g/mol. The summed E-state index contributed by atoms with van der Waals surface area (Å²) in [6, 6.07) is 0. The highest BCUT2D eigenvalue weighted by Crippen LogP contribution is 2.14. The molecule has 0 heterocycles. The Morgan fingerprint density at radius 3 is 2.50 bits per heavy atom. The van der Waals surface area contributed by atoms with E-state index in [0.29, 0.717) is 6.61 Å². The quantitative estimate of drug-likeness (QED) is 0.266. The van der Waals surface area contributed by atoms with Crippen LogP contribution >= 0.6 is 0 Å². The molecule has 12 heavy (non-hydrogen) atoms. The monoisotopic (exact) mass is 165 g/mol.